The number of alkyl carbamates (subject to hydrolysis) is 1. The third-order valence-corrected chi connectivity index (χ3v) is 7.45. The SMILES string of the molecule is O=C(C[C@H](NC(=O)OCC1c2ccccc2-c2ccccc21)C(=O)N[C@@H](CC1CC1)C(=O)O)OCc1ccccc1. The van der Waals surface area contributed by atoms with E-state index in [4.69, 9.17) is 9.47 Å². The first-order chi connectivity index (χ1) is 19.9. The number of nitrogens with one attached hydrogen (secondary N) is 2. The number of esters is 1. The van der Waals surface area contributed by atoms with Crippen molar-refractivity contribution >= 4 is 23.9 Å². The first-order valence-electron chi connectivity index (χ1n) is 13.7. The van der Waals surface area contributed by atoms with E-state index in [1.165, 1.54) is 0 Å². The second-order valence-electron chi connectivity index (χ2n) is 10.5. The monoisotopic (exact) mass is 556 g/mol. The highest BCUT2D eigenvalue weighted by Crippen LogP contribution is 2.44. The lowest BCUT2D eigenvalue weighted by atomic mass is 9.98. The summed E-state index contributed by atoms with van der Waals surface area (Å²) in [5.74, 6) is -2.63. The van der Waals surface area contributed by atoms with Gasteiger partial charge in [-0.15, -0.1) is 0 Å². The summed E-state index contributed by atoms with van der Waals surface area (Å²) in [4.78, 5) is 50.5. The third kappa shape index (κ3) is 7.11. The molecule has 2 aliphatic rings. The molecular formula is C32H32N2O7. The van der Waals surface area contributed by atoms with E-state index >= 15 is 0 Å². The molecule has 9 heteroatoms. The molecule has 9 nitrogen and oxygen atoms in total. The number of rotatable bonds is 12. The summed E-state index contributed by atoms with van der Waals surface area (Å²) in [5.41, 5.74) is 4.98. The minimum Gasteiger partial charge on any atom is -0.480 e. The van der Waals surface area contributed by atoms with Crippen LogP contribution in [0.4, 0.5) is 4.79 Å². The van der Waals surface area contributed by atoms with Crippen molar-refractivity contribution in [3.05, 3.63) is 95.6 Å². The predicted molar refractivity (Wildman–Crippen MR) is 150 cm³/mol. The van der Waals surface area contributed by atoms with E-state index in [0.717, 1.165) is 40.7 Å². The molecule has 3 aromatic carbocycles. The molecule has 2 amide bonds. The Kier molecular flexibility index (Phi) is 8.62. The molecular weight excluding hydrogens is 524 g/mol. The highest BCUT2D eigenvalue weighted by Gasteiger charge is 2.34. The Bertz CT molecular complexity index is 1370. The van der Waals surface area contributed by atoms with Crippen molar-refractivity contribution in [2.45, 2.75) is 50.3 Å². The lowest BCUT2D eigenvalue weighted by molar-refractivity contribution is -0.147. The molecule has 212 valence electrons. The number of hydrogen-bond acceptors (Lipinski definition) is 6. The Labute approximate surface area is 237 Å². The van der Waals surface area contributed by atoms with Crippen molar-refractivity contribution in [2.75, 3.05) is 6.61 Å². The second kappa shape index (κ2) is 12.7. The molecule has 2 aliphatic carbocycles. The van der Waals surface area contributed by atoms with E-state index in [2.05, 4.69) is 10.6 Å². The number of ether oxygens (including phenoxy) is 2. The Balaban J connectivity index is 1.24. The van der Waals surface area contributed by atoms with Gasteiger partial charge in [0.15, 0.2) is 0 Å². The zero-order valence-corrected chi connectivity index (χ0v) is 22.5. The summed E-state index contributed by atoms with van der Waals surface area (Å²) in [5, 5.41) is 14.5. The van der Waals surface area contributed by atoms with Gasteiger partial charge in [-0.2, -0.15) is 0 Å². The van der Waals surface area contributed by atoms with Crippen LogP contribution in [0, 0.1) is 5.92 Å². The van der Waals surface area contributed by atoms with Crippen LogP contribution in [0.3, 0.4) is 0 Å². The molecule has 1 saturated carbocycles. The molecule has 41 heavy (non-hydrogen) atoms. The van der Waals surface area contributed by atoms with Gasteiger partial charge >= 0.3 is 18.0 Å². The molecule has 0 aliphatic heterocycles. The minimum atomic E-state index is -1.38. The van der Waals surface area contributed by atoms with Crippen LogP contribution in [-0.4, -0.2) is 47.7 Å². The maximum absolute atomic E-state index is 13.1. The maximum atomic E-state index is 13.1. The molecule has 0 heterocycles. The summed E-state index contributed by atoms with van der Waals surface area (Å²) in [6.45, 7) is 0.0183. The number of hydrogen-bond donors (Lipinski definition) is 3. The number of aliphatic carboxylic acids is 1. The molecule has 0 saturated heterocycles. The number of carboxylic acids is 1. The summed E-state index contributed by atoms with van der Waals surface area (Å²) in [7, 11) is 0. The van der Waals surface area contributed by atoms with Crippen molar-refractivity contribution in [3.63, 3.8) is 0 Å². The van der Waals surface area contributed by atoms with Crippen LogP contribution in [0.5, 0.6) is 0 Å². The largest absolute Gasteiger partial charge is 0.480 e. The van der Waals surface area contributed by atoms with Crippen molar-refractivity contribution in [3.8, 4) is 11.1 Å². The van der Waals surface area contributed by atoms with Gasteiger partial charge in [0.2, 0.25) is 5.91 Å². The fourth-order valence-corrected chi connectivity index (χ4v) is 5.14. The van der Waals surface area contributed by atoms with Crippen molar-refractivity contribution in [2.24, 2.45) is 5.92 Å². The third-order valence-electron chi connectivity index (χ3n) is 7.45. The Hall–Kier alpha value is -4.66. The zero-order chi connectivity index (χ0) is 28.8. The molecule has 0 aromatic heterocycles. The number of fused-ring (bicyclic) bond motifs is 3. The lowest BCUT2D eigenvalue weighted by Crippen LogP contribution is -2.52. The average Bonchev–Trinajstić information content (AvgIpc) is 3.75. The summed E-state index contributed by atoms with van der Waals surface area (Å²) >= 11 is 0. The van der Waals surface area contributed by atoms with E-state index in [1.54, 1.807) is 12.1 Å². The summed E-state index contributed by atoms with van der Waals surface area (Å²) in [6, 6.07) is 22.3. The summed E-state index contributed by atoms with van der Waals surface area (Å²) in [6.07, 6.45) is 0.729. The van der Waals surface area contributed by atoms with Crippen LogP contribution >= 0.6 is 0 Å². The normalized spacial score (nSPS) is 15.1. The van der Waals surface area contributed by atoms with Gasteiger partial charge in [0.1, 0.15) is 25.3 Å². The topological polar surface area (TPSA) is 131 Å². The van der Waals surface area contributed by atoms with Crippen molar-refractivity contribution in [1.82, 2.24) is 10.6 Å². The molecule has 0 unspecified atom stereocenters. The van der Waals surface area contributed by atoms with Gasteiger partial charge < -0.3 is 25.2 Å². The quantitative estimate of drug-likeness (QED) is 0.282. The summed E-state index contributed by atoms with van der Waals surface area (Å²) < 4.78 is 10.9. The number of benzene rings is 3. The van der Waals surface area contributed by atoms with Crippen LogP contribution in [0.2, 0.25) is 0 Å². The standard InChI is InChI=1S/C32H32N2O7/c35-29(40-18-21-8-2-1-3-9-21)17-27(30(36)33-28(31(37)38)16-20-14-15-20)34-32(39)41-19-26-24-12-6-4-10-22(24)23-11-5-7-13-25(23)26/h1-13,20,26-28H,14-19H2,(H,33,36)(H,34,39)(H,37,38)/t27-,28-/m0/s1. The highest BCUT2D eigenvalue weighted by atomic mass is 16.5. The molecule has 0 bridgehead atoms. The van der Waals surface area contributed by atoms with Gasteiger partial charge in [-0.05, 0) is 40.2 Å². The molecule has 3 aromatic rings. The number of carboxylic acid groups (broad SMARTS) is 1. The number of carbonyl (C=O) groups is 4. The maximum Gasteiger partial charge on any atom is 0.407 e. The van der Waals surface area contributed by atoms with Gasteiger partial charge in [0.25, 0.3) is 0 Å². The minimum absolute atomic E-state index is 0.00160. The van der Waals surface area contributed by atoms with Gasteiger partial charge in [-0.3, -0.25) is 9.59 Å². The Morgan fingerprint density at radius 1 is 0.780 bits per heavy atom. The first kappa shape index (κ1) is 27.9. The van der Waals surface area contributed by atoms with Gasteiger partial charge in [-0.25, -0.2) is 9.59 Å². The smallest absolute Gasteiger partial charge is 0.407 e. The van der Waals surface area contributed by atoms with Crippen LogP contribution in [-0.2, 0) is 30.5 Å². The van der Waals surface area contributed by atoms with E-state index in [-0.39, 0.29) is 31.5 Å². The highest BCUT2D eigenvalue weighted by molar-refractivity contribution is 5.92. The molecule has 5 rings (SSSR count). The fourth-order valence-electron chi connectivity index (χ4n) is 5.14. The van der Waals surface area contributed by atoms with Crippen molar-refractivity contribution < 1.29 is 33.8 Å². The van der Waals surface area contributed by atoms with E-state index in [9.17, 15) is 24.3 Å². The predicted octanol–water partition coefficient (Wildman–Crippen LogP) is 4.40. The average molecular weight is 557 g/mol. The lowest BCUT2D eigenvalue weighted by Gasteiger charge is -2.21. The van der Waals surface area contributed by atoms with E-state index in [0.29, 0.717) is 0 Å². The molecule has 1 fully saturated rings. The number of carbonyl (C=O) groups excluding carboxylic acids is 3. The van der Waals surface area contributed by atoms with Gasteiger partial charge in [0, 0.05) is 5.92 Å². The molecule has 3 N–H and O–H groups in total. The Morgan fingerprint density at radius 3 is 2.00 bits per heavy atom. The number of amides is 2. The van der Waals surface area contributed by atoms with Crippen LogP contribution in [0.25, 0.3) is 11.1 Å². The zero-order valence-electron chi connectivity index (χ0n) is 22.5. The molecule has 0 spiro atoms. The molecule has 2 atom stereocenters. The Morgan fingerprint density at radius 2 is 1.39 bits per heavy atom. The molecule has 0 radical (unpaired) electrons. The fraction of sp³-hybridized carbons (Fsp3) is 0.312. The van der Waals surface area contributed by atoms with E-state index < -0.39 is 42.4 Å². The van der Waals surface area contributed by atoms with Gasteiger partial charge in [0.05, 0.1) is 6.42 Å². The second-order valence-corrected chi connectivity index (χ2v) is 10.5. The van der Waals surface area contributed by atoms with Crippen LogP contribution in [0.15, 0.2) is 78.9 Å². The van der Waals surface area contributed by atoms with E-state index in [1.807, 2.05) is 66.7 Å². The first-order valence-corrected chi connectivity index (χ1v) is 13.7. The van der Waals surface area contributed by atoms with Gasteiger partial charge in [-0.1, -0.05) is 91.7 Å². The van der Waals surface area contributed by atoms with Crippen LogP contribution < -0.4 is 10.6 Å². The van der Waals surface area contributed by atoms with Crippen LogP contribution in [0.1, 0.15) is 48.3 Å². The van der Waals surface area contributed by atoms with Crippen molar-refractivity contribution in [1.29, 1.82) is 0 Å².